The molecular weight excluding hydrogens is 538 g/mol. The SMILES string of the molecule is COc1ccc(N([C@H](C)C(=O)Nc2ccc(S(=O)(=O)Nc3ccc(C)c(C)c3)cc2)S(C)(=O)=O)cc1Cl. The zero-order valence-corrected chi connectivity index (χ0v) is 23.3. The standard InChI is InChI=1S/C25H28ClN3O6S2/c1-16-6-7-20(14-17(16)2)28-37(33,34)22-11-8-19(9-12-22)27-25(30)18(3)29(36(5,31)32)21-10-13-24(35-4)23(26)15-21/h6-15,18,28H,1-5H3,(H,27,30)/t18-/m1/s1. The van der Waals surface area contributed by atoms with Gasteiger partial charge in [0.15, 0.2) is 0 Å². The number of carbonyl (C=O) groups is 1. The molecule has 3 aromatic rings. The Morgan fingerprint density at radius 1 is 0.919 bits per heavy atom. The van der Waals surface area contributed by atoms with Crippen LogP contribution in [-0.2, 0) is 24.8 Å². The van der Waals surface area contributed by atoms with Crippen LogP contribution in [0.1, 0.15) is 18.1 Å². The van der Waals surface area contributed by atoms with Gasteiger partial charge in [0.2, 0.25) is 15.9 Å². The highest BCUT2D eigenvalue weighted by atomic mass is 35.5. The van der Waals surface area contributed by atoms with Crippen LogP contribution in [0.3, 0.4) is 0 Å². The summed E-state index contributed by atoms with van der Waals surface area (Å²) in [6.45, 7) is 5.25. The zero-order chi connectivity index (χ0) is 27.5. The lowest BCUT2D eigenvalue weighted by atomic mass is 10.1. The lowest BCUT2D eigenvalue weighted by Crippen LogP contribution is -2.45. The van der Waals surface area contributed by atoms with Gasteiger partial charge in [-0.2, -0.15) is 0 Å². The number of aryl methyl sites for hydroxylation is 2. The van der Waals surface area contributed by atoms with Crippen LogP contribution in [0, 0.1) is 13.8 Å². The first-order valence-electron chi connectivity index (χ1n) is 11.1. The highest BCUT2D eigenvalue weighted by Gasteiger charge is 2.30. The number of sulfonamides is 2. The van der Waals surface area contributed by atoms with Crippen molar-refractivity contribution in [2.24, 2.45) is 0 Å². The van der Waals surface area contributed by atoms with Crippen molar-refractivity contribution in [3.8, 4) is 5.75 Å². The van der Waals surface area contributed by atoms with E-state index in [0.29, 0.717) is 17.1 Å². The van der Waals surface area contributed by atoms with Crippen molar-refractivity contribution >= 4 is 54.6 Å². The molecule has 37 heavy (non-hydrogen) atoms. The van der Waals surface area contributed by atoms with Crippen LogP contribution in [0.25, 0.3) is 0 Å². The van der Waals surface area contributed by atoms with Gasteiger partial charge in [0, 0.05) is 11.4 Å². The van der Waals surface area contributed by atoms with Crippen molar-refractivity contribution in [2.45, 2.75) is 31.7 Å². The minimum atomic E-state index is -3.87. The second-order valence-electron chi connectivity index (χ2n) is 8.47. The van der Waals surface area contributed by atoms with Crippen molar-refractivity contribution < 1.29 is 26.4 Å². The number of benzene rings is 3. The molecule has 3 rings (SSSR count). The molecule has 1 atom stereocenters. The van der Waals surface area contributed by atoms with E-state index in [1.165, 1.54) is 56.5 Å². The largest absolute Gasteiger partial charge is 0.495 e. The van der Waals surface area contributed by atoms with Gasteiger partial charge in [-0.3, -0.25) is 13.8 Å². The highest BCUT2D eigenvalue weighted by molar-refractivity contribution is 7.92. The fourth-order valence-corrected chi connectivity index (χ4v) is 6.05. The second kappa shape index (κ2) is 11.0. The van der Waals surface area contributed by atoms with Crippen LogP contribution < -0.4 is 19.1 Å². The van der Waals surface area contributed by atoms with Gasteiger partial charge in [0.05, 0.1) is 29.0 Å². The van der Waals surface area contributed by atoms with Gasteiger partial charge in [-0.25, -0.2) is 16.8 Å². The van der Waals surface area contributed by atoms with Gasteiger partial charge in [-0.15, -0.1) is 0 Å². The number of nitrogens with one attached hydrogen (secondary N) is 2. The summed E-state index contributed by atoms with van der Waals surface area (Å²) < 4.78 is 59.2. The molecule has 0 unspecified atom stereocenters. The van der Waals surface area contributed by atoms with Gasteiger partial charge in [-0.05, 0) is 86.5 Å². The first-order valence-corrected chi connectivity index (χ1v) is 14.8. The molecule has 0 aliphatic carbocycles. The summed E-state index contributed by atoms with van der Waals surface area (Å²) in [7, 11) is -6.29. The van der Waals surface area contributed by atoms with Crippen LogP contribution >= 0.6 is 11.6 Å². The van der Waals surface area contributed by atoms with Crippen LogP contribution in [0.15, 0.2) is 65.6 Å². The number of hydrogen-bond donors (Lipinski definition) is 2. The lowest BCUT2D eigenvalue weighted by molar-refractivity contribution is -0.116. The molecule has 12 heteroatoms. The minimum Gasteiger partial charge on any atom is -0.495 e. The molecule has 0 fully saturated rings. The van der Waals surface area contributed by atoms with E-state index in [0.717, 1.165) is 21.7 Å². The van der Waals surface area contributed by atoms with E-state index < -0.39 is 32.0 Å². The average Bonchev–Trinajstić information content (AvgIpc) is 2.81. The van der Waals surface area contributed by atoms with E-state index in [1.54, 1.807) is 12.1 Å². The highest BCUT2D eigenvalue weighted by Crippen LogP contribution is 2.31. The molecule has 198 valence electrons. The monoisotopic (exact) mass is 565 g/mol. The predicted octanol–water partition coefficient (Wildman–Crippen LogP) is 4.56. The third kappa shape index (κ3) is 6.73. The zero-order valence-electron chi connectivity index (χ0n) is 20.9. The summed E-state index contributed by atoms with van der Waals surface area (Å²) in [4.78, 5) is 13.0. The average molecular weight is 566 g/mol. The summed E-state index contributed by atoms with van der Waals surface area (Å²) in [5.74, 6) is -0.265. The predicted molar refractivity (Wildman–Crippen MR) is 147 cm³/mol. The normalized spacial score (nSPS) is 12.5. The number of halogens is 1. The van der Waals surface area contributed by atoms with Crippen molar-refractivity contribution in [1.82, 2.24) is 0 Å². The Kier molecular flexibility index (Phi) is 8.41. The Bertz CT molecular complexity index is 1520. The van der Waals surface area contributed by atoms with E-state index >= 15 is 0 Å². The molecule has 9 nitrogen and oxygen atoms in total. The molecule has 0 heterocycles. The van der Waals surface area contributed by atoms with E-state index in [4.69, 9.17) is 16.3 Å². The third-order valence-electron chi connectivity index (χ3n) is 5.67. The molecule has 0 aromatic heterocycles. The maximum atomic E-state index is 13.0. The van der Waals surface area contributed by atoms with E-state index in [2.05, 4.69) is 10.0 Å². The number of amides is 1. The number of anilines is 3. The molecule has 0 bridgehead atoms. The molecule has 1 amide bonds. The van der Waals surface area contributed by atoms with Gasteiger partial charge in [-0.1, -0.05) is 17.7 Å². The van der Waals surface area contributed by atoms with Crippen molar-refractivity contribution in [3.63, 3.8) is 0 Å². The number of hydrogen-bond acceptors (Lipinski definition) is 6. The number of methoxy groups -OCH3 is 1. The fourth-order valence-electron chi connectivity index (χ4n) is 3.58. The summed E-state index contributed by atoms with van der Waals surface area (Å²) in [6.07, 6.45) is 0.983. The molecule has 0 radical (unpaired) electrons. The molecule has 2 N–H and O–H groups in total. The van der Waals surface area contributed by atoms with Gasteiger partial charge < -0.3 is 10.1 Å². The molecule has 0 aliphatic heterocycles. The van der Waals surface area contributed by atoms with Crippen LogP contribution in [0.4, 0.5) is 17.1 Å². The maximum Gasteiger partial charge on any atom is 0.261 e. The number of ether oxygens (including phenoxy) is 1. The number of nitrogens with zero attached hydrogens (tertiary/aromatic N) is 1. The quantitative estimate of drug-likeness (QED) is 0.392. The smallest absolute Gasteiger partial charge is 0.261 e. The maximum absolute atomic E-state index is 13.0. The Morgan fingerprint density at radius 3 is 2.08 bits per heavy atom. The van der Waals surface area contributed by atoms with Gasteiger partial charge >= 0.3 is 0 Å². The summed E-state index contributed by atoms with van der Waals surface area (Å²) in [6, 6.07) is 14.0. The van der Waals surface area contributed by atoms with Crippen LogP contribution in [0.5, 0.6) is 5.75 Å². The Labute approximate surface area is 222 Å². The molecular formula is C25H28ClN3O6S2. The first kappa shape index (κ1) is 28.3. The number of carbonyl (C=O) groups excluding carboxylic acids is 1. The van der Waals surface area contributed by atoms with Crippen molar-refractivity contribution in [1.29, 1.82) is 0 Å². The minimum absolute atomic E-state index is 0.00223. The Hall–Kier alpha value is -3.28. The Morgan fingerprint density at radius 2 is 1.54 bits per heavy atom. The van der Waals surface area contributed by atoms with Gasteiger partial charge in [0.25, 0.3) is 10.0 Å². The van der Waals surface area contributed by atoms with Crippen molar-refractivity contribution in [3.05, 3.63) is 76.8 Å². The van der Waals surface area contributed by atoms with Crippen LogP contribution in [0.2, 0.25) is 5.02 Å². The first-order chi connectivity index (χ1) is 17.2. The summed E-state index contributed by atoms with van der Waals surface area (Å²) in [5, 5.41) is 2.81. The summed E-state index contributed by atoms with van der Waals surface area (Å²) in [5.41, 5.74) is 2.92. The molecule has 0 spiro atoms. The molecule has 0 saturated carbocycles. The van der Waals surface area contributed by atoms with E-state index in [-0.39, 0.29) is 15.6 Å². The fraction of sp³-hybridized carbons (Fsp3) is 0.240. The third-order valence-corrected chi connectivity index (χ3v) is 8.60. The second-order valence-corrected chi connectivity index (χ2v) is 12.4. The van der Waals surface area contributed by atoms with E-state index in [9.17, 15) is 21.6 Å². The molecule has 0 aliphatic rings. The van der Waals surface area contributed by atoms with Crippen molar-refractivity contribution in [2.75, 3.05) is 27.7 Å². The topological polar surface area (TPSA) is 122 Å². The summed E-state index contributed by atoms with van der Waals surface area (Å²) >= 11 is 6.15. The van der Waals surface area contributed by atoms with Crippen LogP contribution in [-0.4, -0.2) is 42.2 Å². The number of rotatable bonds is 9. The van der Waals surface area contributed by atoms with E-state index in [1.807, 2.05) is 19.9 Å². The lowest BCUT2D eigenvalue weighted by Gasteiger charge is -2.28. The Balaban J connectivity index is 1.78. The molecule has 3 aromatic carbocycles. The van der Waals surface area contributed by atoms with Gasteiger partial charge in [0.1, 0.15) is 11.8 Å². The molecule has 0 saturated heterocycles.